The molecule has 1 aromatic carbocycles. The van der Waals surface area contributed by atoms with Gasteiger partial charge in [-0.05, 0) is 24.1 Å². The van der Waals surface area contributed by atoms with Crippen molar-refractivity contribution < 1.29 is 9.90 Å². The summed E-state index contributed by atoms with van der Waals surface area (Å²) < 4.78 is 0. The first-order valence-electron chi connectivity index (χ1n) is 5.15. The third-order valence-electron chi connectivity index (χ3n) is 2.17. The molecule has 15 heavy (non-hydrogen) atoms. The fraction of sp³-hybridized carbons (Fsp3) is 0.417. The lowest BCUT2D eigenvalue weighted by Gasteiger charge is -2.07. The second-order valence-corrected chi connectivity index (χ2v) is 3.86. The Balaban J connectivity index is 2.32. The maximum absolute atomic E-state index is 11.2. The molecular formula is C12H17NO2. The van der Waals surface area contributed by atoms with Crippen LogP contribution in [-0.2, 0) is 11.2 Å². The summed E-state index contributed by atoms with van der Waals surface area (Å²) in [5, 5.41) is 11.9. The van der Waals surface area contributed by atoms with Gasteiger partial charge in [0.2, 0.25) is 5.91 Å². The highest BCUT2D eigenvalue weighted by Crippen LogP contribution is 2.09. The van der Waals surface area contributed by atoms with Crippen LogP contribution in [0.5, 0.6) is 5.75 Å². The molecule has 1 aromatic rings. The lowest BCUT2D eigenvalue weighted by Crippen LogP contribution is -2.29. The fourth-order valence-electron chi connectivity index (χ4n) is 1.20. The maximum Gasteiger partial charge on any atom is 0.222 e. The van der Waals surface area contributed by atoms with Crippen molar-refractivity contribution in [1.29, 1.82) is 0 Å². The number of rotatable bonds is 4. The smallest absolute Gasteiger partial charge is 0.222 e. The average Bonchev–Trinajstić information content (AvgIpc) is 2.20. The lowest BCUT2D eigenvalue weighted by atomic mass is 10.1. The predicted octanol–water partition coefficient (Wildman–Crippen LogP) is 1.71. The molecule has 0 spiro atoms. The molecule has 0 saturated heterocycles. The van der Waals surface area contributed by atoms with Crippen LogP contribution >= 0.6 is 0 Å². The first-order valence-corrected chi connectivity index (χ1v) is 5.15. The van der Waals surface area contributed by atoms with Crippen molar-refractivity contribution >= 4 is 5.91 Å². The van der Waals surface area contributed by atoms with E-state index in [1.807, 2.05) is 26.0 Å². The van der Waals surface area contributed by atoms with Crippen LogP contribution in [-0.4, -0.2) is 17.6 Å². The van der Waals surface area contributed by atoms with E-state index in [9.17, 15) is 4.79 Å². The van der Waals surface area contributed by atoms with Crippen LogP contribution in [0.25, 0.3) is 0 Å². The molecule has 2 N–H and O–H groups in total. The Morgan fingerprint density at radius 2 is 1.93 bits per heavy atom. The highest BCUT2D eigenvalue weighted by atomic mass is 16.3. The monoisotopic (exact) mass is 207 g/mol. The van der Waals surface area contributed by atoms with E-state index >= 15 is 0 Å². The van der Waals surface area contributed by atoms with E-state index in [1.165, 1.54) is 0 Å². The fourth-order valence-corrected chi connectivity index (χ4v) is 1.20. The summed E-state index contributed by atoms with van der Waals surface area (Å²) in [6, 6.07) is 7.02. The zero-order valence-corrected chi connectivity index (χ0v) is 9.16. The average molecular weight is 207 g/mol. The van der Waals surface area contributed by atoms with Crippen molar-refractivity contribution in [3.63, 3.8) is 0 Å². The van der Waals surface area contributed by atoms with Gasteiger partial charge in [0.1, 0.15) is 5.75 Å². The van der Waals surface area contributed by atoms with Crippen LogP contribution < -0.4 is 5.32 Å². The van der Waals surface area contributed by atoms with Gasteiger partial charge in [0.05, 0.1) is 0 Å². The van der Waals surface area contributed by atoms with Crippen molar-refractivity contribution in [2.45, 2.75) is 20.3 Å². The van der Waals surface area contributed by atoms with E-state index in [-0.39, 0.29) is 17.6 Å². The summed E-state index contributed by atoms with van der Waals surface area (Å²) >= 11 is 0. The summed E-state index contributed by atoms with van der Waals surface area (Å²) in [5.74, 6) is 0.378. The number of aromatic hydroxyl groups is 1. The molecule has 0 heterocycles. The highest BCUT2D eigenvalue weighted by molar-refractivity contribution is 5.77. The minimum Gasteiger partial charge on any atom is -0.508 e. The molecule has 0 aromatic heterocycles. The molecule has 0 aliphatic carbocycles. The standard InChI is InChI=1S/C12H17NO2/c1-9(2)12(15)13-8-7-10-3-5-11(14)6-4-10/h3-6,9,14H,7-8H2,1-2H3,(H,13,15). The number of benzene rings is 1. The molecule has 0 aliphatic heterocycles. The highest BCUT2D eigenvalue weighted by Gasteiger charge is 2.04. The molecule has 0 saturated carbocycles. The van der Waals surface area contributed by atoms with Crippen LogP contribution in [0.3, 0.4) is 0 Å². The molecule has 0 bridgehead atoms. The summed E-state index contributed by atoms with van der Waals surface area (Å²) in [7, 11) is 0. The lowest BCUT2D eigenvalue weighted by molar-refractivity contribution is -0.123. The Hall–Kier alpha value is -1.51. The number of hydrogen-bond acceptors (Lipinski definition) is 2. The summed E-state index contributed by atoms with van der Waals surface area (Å²) in [6.07, 6.45) is 0.790. The first kappa shape index (κ1) is 11.6. The summed E-state index contributed by atoms with van der Waals surface area (Å²) in [6.45, 7) is 4.38. The van der Waals surface area contributed by atoms with Gasteiger partial charge in [-0.25, -0.2) is 0 Å². The zero-order chi connectivity index (χ0) is 11.3. The molecule has 0 aliphatic rings. The molecule has 3 heteroatoms. The van der Waals surface area contributed by atoms with E-state index < -0.39 is 0 Å². The molecule has 0 fully saturated rings. The maximum atomic E-state index is 11.2. The minimum absolute atomic E-state index is 0.0322. The van der Waals surface area contributed by atoms with Crippen molar-refractivity contribution in [2.24, 2.45) is 5.92 Å². The van der Waals surface area contributed by atoms with Gasteiger partial charge in [-0.1, -0.05) is 26.0 Å². The minimum atomic E-state index is 0.0322. The van der Waals surface area contributed by atoms with Gasteiger partial charge in [0.25, 0.3) is 0 Å². The Morgan fingerprint density at radius 1 is 1.33 bits per heavy atom. The number of amides is 1. The molecule has 0 unspecified atom stereocenters. The van der Waals surface area contributed by atoms with E-state index in [4.69, 9.17) is 5.11 Å². The van der Waals surface area contributed by atoms with Gasteiger partial charge in [-0.2, -0.15) is 0 Å². The van der Waals surface area contributed by atoms with Crippen LogP contribution in [0, 0.1) is 5.92 Å². The molecule has 0 atom stereocenters. The summed E-state index contributed by atoms with van der Waals surface area (Å²) in [4.78, 5) is 11.2. The van der Waals surface area contributed by atoms with Gasteiger partial charge in [-0.15, -0.1) is 0 Å². The number of nitrogens with one attached hydrogen (secondary N) is 1. The third-order valence-corrected chi connectivity index (χ3v) is 2.17. The molecule has 82 valence electrons. The van der Waals surface area contributed by atoms with E-state index in [0.717, 1.165) is 12.0 Å². The van der Waals surface area contributed by atoms with Crippen LogP contribution in [0.4, 0.5) is 0 Å². The molecule has 0 radical (unpaired) electrons. The summed E-state index contributed by atoms with van der Waals surface area (Å²) in [5.41, 5.74) is 1.11. The van der Waals surface area contributed by atoms with Crippen LogP contribution in [0.2, 0.25) is 0 Å². The SMILES string of the molecule is CC(C)C(=O)NCCc1ccc(O)cc1. The zero-order valence-electron chi connectivity index (χ0n) is 9.16. The van der Waals surface area contributed by atoms with Crippen molar-refractivity contribution in [3.05, 3.63) is 29.8 Å². The van der Waals surface area contributed by atoms with E-state index in [2.05, 4.69) is 5.32 Å². The third kappa shape index (κ3) is 4.02. The Labute approximate surface area is 90.1 Å². The number of phenols is 1. The van der Waals surface area contributed by atoms with Crippen molar-refractivity contribution in [3.8, 4) is 5.75 Å². The predicted molar refractivity (Wildman–Crippen MR) is 59.7 cm³/mol. The molecule has 3 nitrogen and oxygen atoms in total. The largest absolute Gasteiger partial charge is 0.508 e. The van der Waals surface area contributed by atoms with Gasteiger partial charge < -0.3 is 10.4 Å². The second-order valence-electron chi connectivity index (χ2n) is 3.86. The number of hydrogen-bond donors (Lipinski definition) is 2. The molecule has 1 amide bonds. The Kier molecular flexibility index (Phi) is 4.16. The topological polar surface area (TPSA) is 49.3 Å². The van der Waals surface area contributed by atoms with Crippen molar-refractivity contribution in [2.75, 3.05) is 6.54 Å². The number of carbonyl (C=O) groups excluding carboxylic acids is 1. The van der Waals surface area contributed by atoms with Gasteiger partial charge in [0, 0.05) is 12.5 Å². The Morgan fingerprint density at radius 3 is 2.47 bits per heavy atom. The van der Waals surface area contributed by atoms with E-state index in [1.54, 1.807) is 12.1 Å². The van der Waals surface area contributed by atoms with E-state index in [0.29, 0.717) is 6.54 Å². The van der Waals surface area contributed by atoms with Crippen LogP contribution in [0.1, 0.15) is 19.4 Å². The number of carbonyl (C=O) groups is 1. The first-order chi connectivity index (χ1) is 7.09. The van der Waals surface area contributed by atoms with Crippen molar-refractivity contribution in [1.82, 2.24) is 5.32 Å². The molecular weight excluding hydrogens is 190 g/mol. The van der Waals surface area contributed by atoms with Gasteiger partial charge in [0.15, 0.2) is 0 Å². The normalized spacial score (nSPS) is 10.3. The molecule has 1 rings (SSSR count). The second kappa shape index (κ2) is 5.39. The van der Waals surface area contributed by atoms with Crippen LogP contribution in [0.15, 0.2) is 24.3 Å². The van der Waals surface area contributed by atoms with Gasteiger partial charge in [-0.3, -0.25) is 4.79 Å². The number of phenolic OH excluding ortho intramolecular Hbond substituents is 1. The quantitative estimate of drug-likeness (QED) is 0.789. The van der Waals surface area contributed by atoms with Gasteiger partial charge >= 0.3 is 0 Å². The Bertz CT molecular complexity index is 317.